The molecule has 0 amide bonds. The fraction of sp³-hybridized carbons (Fsp3) is 0.360. The molecular formula is C25H27N3O2. The van der Waals surface area contributed by atoms with E-state index in [-0.39, 0.29) is 17.0 Å². The molecule has 5 heteroatoms. The Labute approximate surface area is 177 Å². The molecule has 1 aliphatic rings. The van der Waals surface area contributed by atoms with Gasteiger partial charge in [0.2, 0.25) is 0 Å². The molecule has 30 heavy (non-hydrogen) atoms. The SMILES string of the molecule is CC(=O)c1ncc(Oc2ccc(C(C)(C)c3ccc(CC4CCC4)cn3)cc2)cn1. The quantitative estimate of drug-likeness (QED) is 0.487. The van der Waals surface area contributed by atoms with Crippen LogP contribution in [-0.4, -0.2) is 20.7 Å². The second-order valence-corrected chi connectivity index (χ2v) is 8.60. The lowest BCUT2D eigenvalue weighted by molar-refractivity contribution is 0.100. The van der Waals surface area contributed by atoms with Gasteiger partial charge in [-0.2, -0.15) is 0 Å². The Hall–Kier alpha value is -3.08. The number of hydrogen-bond acceptors (Lipinski definition) is 5. The zero-order valence-electron chi connectivity index (χ0n) is 17.8. The van der Waals surface area contributed by atoms with Gasteiger partial charge in [-0.25, -0.2) is 9.97 Å². The van der Waals surface area contributed by atoms with Crippen LogP contribution in [0.1, 0.15) is 67.5 Å². The number of benzene rings is 1. The summed E-state index contributed by atoms with van der Waals surface area (Å²) in [6.45, 7) is 5.81. The summed E-state index contributed by atoms with van der Waals surface area (Å²) in [7, 11) is 0. The van der Waals surface area contributed by atoms with E-state index >= 15 is 0 Å². The van der Waals surface area contributed by atoms with Crippen LogP contribution >= 0.6 is 0 Å². The molecule has 154 valence electrons. The molecule has 0 spiro atoms. The molecular weight excluding hydrogens is 374 g/mol. The van der Waals surface area contributed by atoms with Crippen LogP contribution in [0, 0.1) is 5.92 Å². The minimum absolute atomic E-state index is 0.169. The van der Waals surface area contributed by atoms with Crippen molar-refractivity contribution >= 4 is 5.78 Å². The van der Waals surface area contributed by atoms with Gasteiger partial charge in [0.15, 0.2) is 17.4 Å². The summed E-state index contributed by atoms with van der Waals surface area (Å²) in [6, 6.07) is 12.4. The lowest BCUT2D eigenvalue weighted by Crippen LogP contribution is -2.21. The maximum absolute atomic E-state index is 11.3. The Morgan fingerprint density at radius 3 is 2.20 bits per heavy atom. The molecule has 3 aromatic rings. The lowest BCUT2D eigenvalue weighted by Gasteiger charge is -2.27. The maximum atomic E-state index is 11.3. The number of hydrogen-bond donors (Lipinski definition) is 0. The van der Waals surface area contributed by atoms with Crippen LogP contribution in [0.4, 0.5) is 0 Å². The number of ketones is 1. The number of rotatable bonds is 7. The molecule has 1 aromatic carbocycles. The number of pyridine rings is 1. The van der Waals surface area contributed by atoms with E-state index in [1.807, 2.05) is 18.3 Å². The van der Waals surface area contributed by atoms with E-state index in [2.05, 4.69) is 48.1 Å². The van der Waals surface area contributed by atoms with Crippen LogP contribution in [0.2, 0.25) is 0 Å². The van der Waals surface area contributed by atoms with E-state index in [4.69, 9.17) is 9.72 Å². The lowest BCUT2D eigenvalue weighted by atomic mass is 9.79. The first-order chi connectivity index (χ1) is 14.4. The maximum Gasteiger partial charge on any atom is 0.196 e. The Morgan fingerprint density at radius 2 is 1.67 bits per heavy atom. The fourth-order valence-corrected chi connectivity index (χ4v) is 3.72. The van der Waals surface area contributed by atoms with Gasteiger partial charge in [0.05, 0.1) is 18.1 Å². The molecule has 1 saturated carbocycles. The zero-order chi connectivity index (χ0) is 21.1. The standard InChI is InChI=1S/C25H27N3O2/c1-17(29)24-27-15-22(16-28-24)30-21-10-8-20(9-11-21)25(2,3)23-12-7-19(14-26-23)13-18-5-4-6-18/h7-12,14-16,18H,4-6,13H2,1-3H3. The third-order valence-electron chi connectivity index (χ3n) is 5.97. The molecule has 4 rings (SSSR count). The number of Topliss-reactive ketones (excluding diaryl/α,β-unsaturated/α-hetero) is 1. The largest absolute Gasteiger partial charge is 0.454 e. The van der Waals surface area contributed by atoms with Crippen LogP contribution in [0.5, 0.6) is 11.5 Å². The van der Waals surface area contributed by atoms with Gasteiger partial charge in [-0.05, 0) is 41.7 Å². The smallest absolute Gasteiger partial charge is 0.196 e. The van der Waals surface area contributed by atoms with E-state index in [1.165, 1.54) is 44.1 Å². The highest BCUT2D eigenvalue weighted by Gasteiger charge is 2.25. The second kappa shape index (κ2) is 8.34. The van der Waals surface area contributed by atoms with Crippen LogP contribution in [0.25, 0.3) is 0 Å². The van der Waals surface area contributed by atoms with Crippen molar-refractivity contribution in [1.82, 2.24) is 15.0 Å². The summed E-state index contributed by atoms with van der Waals surface area (Å²) >= 11 is 0. The molecule has 0 atom stereocenters. The molecule has 0 bridgehead atoms. The van der Waals surface area contributed by atoms with Crippen molar-refractivity contribution < 1.29 is 9.53 Å². The summed E-state index contributed by atoms with van der Waals surface area (Å²) in [5.74, 6) is 2.05. The minimum Gasteiger partial charge on any atom is -0.454 e. The van der Waals surface area contributed by atoms with Crippen molar-refractivity contribution in [1.29, 1.82) is 0 Å². The summed E-state index contributed by atoms with van der Waals surface area (Å²) in [5, 5.41) is 0. The van der Waals surface area contributed by atoms with Gasteiger partial charge in [-0.1, -0.05) is 51.3 Å². The van der Waals surface area contributed by atoms with E-state index < -0.39 is 0 Å². The fourth-order valence-electron chi connectivity index (χ4n) is 3.72. The minimum atomic E-state index is -0.209. The van der Waals surface area contributed by atoms with E-state index in [0.717, 1.165) is 23.6 Å². The highest BCUT2D eigenvalue weighted by atomic mass is 16.5. The van der Waals surface area contributed by atoms with E-state index in [9.17, 15) is 4.79 Å². The molecule has 0 radical (unpaired) electrons. The molecule has 5 nitrogen and oxygen atoms in total. The number of aromatic nitrogens is 3. The van der Waals surface area contributed by atoms with E-state index in [0.29, 0.717) is 11.5 Å². The summed E-state index contributed by atoms with van der Waals surface area (Å²) in [4.78, 5) is 24.1. The van der Waals surface area contributed by atoms with Crippen LogP contribution in [0.3, 0.4) is 0 Å². The third-order valence-corrected chi connectivity index (χ3v) is 5.97. The van der Waals surface area contributed by atoms with Crippen molar-refractivity contribution in [2.45, 2.75) is 51.9 Å². The molecule has 1 fully saturated rings. The Balaban J connectivity index is 1.44. The summed E-state index contributed by atoms with van der Waals surface area (Å²) in [5.41, 5.74) is 3.35. The van der Waals surface area contributed by atoms with Crippen LogP contribution < -0.4 is 4.74 Å². The predicted molar refractivity (Wildman–Crippen MR) is 116 cm³/mol. The Kier molecular flexibility index (Phi) is 5.62. The first-order valence-electron chi connectivity index (χ1n) is 10.5. The van der Waals surface area contributed by atoms with Gasteiger partial charge in [-0.3, -0.25) is 9.78 Å². The van der Waals surface area contributed by atoms with Crippen molar-refractivity contribution in [3.63, 3.8) is 0 Å². The summed E-state index contributed by atoms with van der Waals surface area (Å²) in [6.07, 6.45) is 10.3. The second-order valence-electron chi connectivity index (χ2n) is 8.60. The van der Waals surface area contributed by atoms with Gasteiger partial charge in [0.1, 0.15) is 5.75 Å². The van der Waals surface area contributed by atoms with Gasteiger partial charge in [0, 0.05) is 18.5 Å². The average Bonchev–Trinajstić information content (AvgIpc) is 2.72. The molecule has 2 heterocycles. The van der Waals surface area contributed by atoms with Gasteiger partial charge in [-0.15, -0.1) is 0 Å². The molecule has 1 aliphatic carbocycles. The van der Waals surface area contributed by atoms with Crippen molar-refractivity contribution in [3.05, 3.63) is 77.6 Å². The normalized spacial score (nSPS) is 14.2. The number of carbonyl (C=O) groups is 1. The topological polar surface area (TPSA) is 65.0 Å². The molecule has 2 aromatic heterocycles. The Morgan fingerprint density at radius 1 is 0.967 bits per heavy atom. The third kappa shape index (κ3) is 4.40. The van der Waals surface area contributed by atoms with Gasteiger partial charge < -0.3 is 4.74 Å². The average molecular weight is 402 g/mol. The van der Waals surface area contributed by atoms with Crippen LogP contribution in [-0.2, 0) is 11.8 Å². The van der Waals surface area contributed by atoms with Gasteiger partial charge >= 0.3 is 0 Å². The number of ether oxygens (including phenoxy) is 1. The predicted octanol–water partition coefficient (Wildman–Crippen LogP) is 5.54. The monoisotopic (exact) mass is 401 g/mol. The molecule has 0 saturated heterocycles. The first-order valence-corrected chi connectivity index (χ1v) is 10.5. The van der Waals surface area contributed by atoms with Crippen molar-refractivity contribution in [2.75, 3.05) is 0 Å². The molecule has 0 unspecified atom stereocenters. The number of nitrogens with zero attached hydrogens (tertiary/aromatic N) is 3. The van der Waals surface area contributed by atoms with Crippen LogP contribution in [0.15, 0.2) is 55.0 Å². The Bertz CT molecular complexity index is 1010. The molecule has 0 aliphatic heterocycles. The first kappa shape index (κ1) is 20.2. The zero-order valence-corrected chi connectivity index (χ0v) is 17.8. The van der Waals surface area contributed by atoms with Gasteiger partial charge in [0.25, 0.3) is 0 Å². The summed E-state index contributed by atoms with van der Waals surface area (Å²) < 4.78 is 5.80. The molecule has 0 N–H and O–H groups in total. The van der Waals surface area contributed by atoms with E-state index in [1.54, 1.807) is 0 Å². The van der Waals surface area contributed by atoms with Crippen molar-refractivity contribution in [2.24, 2.45) is 5.92 Å². The highest BCUT2D eigenvalue weighted by molar-refractivity contribution is 5.90. The van der Waals surface area contributed by atoms with Crippen molar-refractivity contribution in [3.8, 4) is 11.5 Å². The highest BCUT2D eigenvalue weighted by Crippen LogP contribution is 2.33. The number of carbonyl (C=O) groups excluding carboxylic acids is 1.